The summed E-state index contributed by atoms with van der Waals surface area (Å²) in [6.45, 7) is 12.1. The van der Waals surface area contributed by atoms with E-state index in [0.29, 0.717) is 11.3 Å². The molecule has 1 atom stereocenters. The molecule has 1 rings (SSSR count). The molecular weight excluding hydrogens is 226 g/mol. The van der Waals surface area contributed by atoms with E-state index < -0.39 is 0 Å². The van der Waals surface area contributed by atoms with Crippen LogP contribution in [0, 0.1) is 13.8 Å². The van der Waals surface area contributed by atoms with Crippen LogP contribution in [0.3, 0.4) is 0 Å². The minimum atomic E-state index is 0.583. The fourth-order valence-electron chi connectivity index (χ4n) is 1.85. The SMILES string of the molecule is Cc1cc(C)cc(CSC(C)CNC(C)C)c1. The van der Waals surface area contributed by atoms with Gasteiger partial charge in [-0.05, 0) is 19.4 Å². The van der Waals surface area contributed by atoms with E-state index in [9.17, 15) is 0 Å². The average Bonchev–Trinajstić information content (AvgIpc) is 2.22. The Hall–Kier alpha value is -0.470. The summed E-state index contributed by atoms with van der Waals surface area (Å²) in [5.74, 6) is 1.11. The van der Waals surface area contributed by atoms with E-state index in [1.165, 1.54) is 16.7 Å². The fraction of sp³-hybridized carbons (Fsp3) is 0.600. The first-order chi connectivity index (χ1) is 7.97. The van der Waals surface area contributed by atoms with E-state index in [-0.39, 0.29) is 0 Å². The lowest BCUT2D eigenvalue weighted by atomic mass is 10.1. The summed E-state index contributed by atoms with van der Waals surface area (Å²) in [7, 11) is 0. The third-order valence-electron chi connectivity index (χ3n) is 2.63. The van der Waals surface area contributed by atoms with E-state index in [1.54, 1.807) is 0 Å². The molecule has 1 N–H and O–H groups in total. The molecule has 0 saturated heterocycles. The van der Waals surface area contributed by atoms with Gasteiger partial charge >= 0.3 is 0 Å². The molecule has 0 bridgehead atoms. The van der Waals surface area contributed by atoms with Crippen LogP contribution in [-0.2, 0) is 5.75 Å². The van der Waals surface area contributed by atoms with Gasteiger partial charge in [0.2, 0.25) is 0 Å². The molecule has 0 heterocycles. The Kier molecular flexibility index (Phi) is 6.07. The van der Waals surface area contributed by atoms with Crippen molar-refractivity contribution >= 4 is 11.8 Å². The quantitative estimate of drug-likeness (QED) is 0.822. The fourth-order valence-corrected chi connectivity index (χ4v) is 2.71. The van der Waals surface area contributed by atoms with Crippen molar-refractivity contribution in [1.29, 1.82) is 0 Å². The molecule has 0 fully saturated rings. The summed E-state index contributed by atoms with van der Waals surface area (Å²) in [4.78, 5) is 0. The first kappa shape index (κ1) is 14.6. The van der Waals surface area contributed by atoms with Crippen molar-refractivity contribution in [2.45, 2.75) is 51.7 Å². The molecule has 0 aliphatic carbocycles. The van der Waals surface area contributed by atoms with Gasteiger partial charge in [-0.1, -0.05) is 50.1 Å². The summed E-state index contributed by atoms with van der Waals surface area (Å²) in [5.41, 5.74) is 4.19. The summed E-state index contributed by atoms with van der Waals surface area (Å²) in [6.07, 6.45) is 0. The third-order valence-corrected chi connectivity index (χ3v) is 3.87. The Bertz CT molecular complexity index is 327. The van der Waals surface area contributed by atoms with Crippen molar-refractivity contribution in [3.63, 3.8) is 0 Å². The van der Waals surface area contributed by atoms with Crippen molar-refractivity contribution in [3.8, 4) is 0 Å². The Morgan fingerprint density at radius 2 is 1.65 bits per heavy atom. The number of rotatable bonds is 6. The number of hydrogen-bond donors (Lipinski definition) is 1. The lowest BCUT2D eigenvalue weighted by Crippen LogP contribution is -2.29. The van der Waals surface area contributed by atoms with E-state index in [1.807, 2.05) is 11.8 Å². The number of benzene rings is 1. The Balaban J connectivity index is 2.39. The molecule has 1 aromatic carbocycles. The molecule has 0 amide bonds. The van der Waals surface area contributed by atoms with Crippen LogP contribution in [-0.4, -0.2) is 17.8 Å². The highest BCUT2D eigenvalue weighted by Gasteiger charge is 2.04. The highest BCUT2D eigenvalue weighted by atomic mass is 32.2. The smallest absolute Gasteiger partial charge is 0.0187 e. The molecule has 1 unspecified atom stereocenters. The normalized spacial score (nSPS) is 13.1. The molecule has 0 radical (unpaired) electrons. The van der Waals surface area contributed by atoms with Crippen molar-refractivity contribution < 1.29 is 0 Å². The zero-order chi connectivity index (χ0) is 12.8. The highest BCUT2D eigenvalue weighted by Crippen LogP contribution is 2.19. The van der Waals surface area contributed by atoms with Crippen LogP contribution in [0.1, 0.15) is 37.5 Å². The maximum absolute atomic E-state index is 3.48. The molecule has 2 heteroatoms. The summed E-state index contributed by atoms with van der Waals surface area (Å²) in [5, 5.41) is 4.15. The van der Waals surface area contributed by atoms with Crippen LogP contribution < -0.4 is 5.32 Å². The van der Waals surface area contributed by atoms with E-state index >= 15 is 0 Å². The van der Waals surface area contributed by atoms with Crippen LogP contribution in [0.4, 0.5) is 0 Å². The molecule has 0 saturated carbocycles. The van der Waals surface area contributed by atoms with E-state index in [0.717, 1.165) is 12.3 Å². The van der Waals surface area contributed by atoms with Gasteiger partial charge in [0.1, 0.15) is 0 Å². The monoisotopic (exact) mass is 251 g/mol. The lowest BCUT2D eigenvalue weighted by Gasteiger charge is -2.15. The molecule has 0 spiro atoms. The number of aryl methyl sites for hydroxylation is 2. The number of thioether (sulfide) groups is 1. The second kappa shape index (κ2) is 7.07. The zero-order valence-corrected chi connectivity index (χ0v) is 12.5. The van der Waals surface area contributed by atoms with Gasteiger partial charge in [0.25, 0.3) is 0 Å². The maximum Gasteiger partial charge on any atom is 0.0187 e. The van der Waals surface area contributed by atoms with Crippen LogP contribution in [0.15, 0.2) is 18.2 Å². The zero-order valence-electron chi connectivity index (χ0n) is 11.7. The maximum atomic E-state index is 3.48. The van der Waals surface area contributed by atoms with Crippen molar-refractivity contribution in [2.75, 3.05) is 6.54 Å². The molecule has 0 aliphatic heterocycles. The van der Waals surface area contributed by atoms with Crippen LogP contribution in [0.2, 0.25) is 0 Å². The molecule has 0 aromatic heterocycles. The highest BCUT2D eigenvalue weighted by molar-refractivity contribution is 7.99. The van der Waals surface area contributed by atoms with Crippen LogP contribution in [0.25, 0.3) is 0 Å². The van der Waals surface area contributed by atoms with Crippen molar-refractivity contribution in [2.24, 2.45) is 0 Å². The van der Waals surface area contributed by atoms with Crippen LogP contribution >= 0.6 is 11.8 Å². The molecular formula is C15H25NS. The predicted octanol–water partition coefficient (Wildman–Crippen LogP) is 3.92. The molecule has 1 nitrogen and oxygen atoms in total. The molecule has 96 valence electrons. The summed E-state index contributed by atoms with van der Waals surface area (Å²) < 4.78 is 0. The van der Waals surface area contributed by atoms with E-state index in [4.69, 9.17) is 0 Å². The lowest BCUT2D eigenvalue weighted by molar-refractivity contribution is 0.589. The van der Waals surface area contributed by atoms with Gasteiger partial charge in [0, 0.05) is 23.6 Å². The number of hydrogen-bond acceptors (Lipinski definition) is 2. The average molecular weight is 251 g/mol. The van der Waals surface area contributed by atoms with Crippen molar-refractivity contribution in [3.05, 3.63) is 34.9 Å². The van der Waals surface area contributed by atoms with Gasteiger partial charge in [-0.15, -0.1) is 0 Å². The summed E-state index contributed by atoms with van der Waals surface area (Å²) in [6, 6.07) is 7.41. The van der Waals surface area contributed by atoms with Crippen LogP contribution in [0.5, 0.6) is 0 Å². The topological polar surface area (TPSA) is 12.0 Å². The number of nitrogens with one attached hydrogen (secondary N) is 1. The van der Waals surface area contributed by atoms with Crippen molar-refractivity contribution in [1.82, 2.24) is 5.32 Å². The largest absolute Gasteiger partial charge is 0.313 e. The Labute approximate surface area is 110 Å². The van der Waals surface area contributed by atoms with Gasteiger partial charge in [-0.3, -0.25) is 0 Å². The molecule has 17 heavy (non-hydrogen) atoms. The van der Waals surface area contributed by atoms with Gasteiger partial charge < -0.3 is 5.32 Å². The van der Waals surface area contributed by atoms with Gasteiger partial charge in [0.15, 0.2) is 0 Å². The van der Waals surface area contributed by atoms with Gasteiger partial charge in [-0.2, -0.15) is 11.8 Å². The molecule has 0 aliphatic rings. The van der Waals surface area contributed by atoms with Gasteiger partial charge in [-0.25, -0.2) is 0 Å². The first-order valence-electron chi connectivity index (χ1n) is 6.39. The third kappa shape index (κ3) is 6.13. The Morgan fingerprint density at radius 3 is 2.18 bits per heavy atom. The molecule has 1 aromatic rings. The van der Waals surface area contributed by atoms with E-state index in [2.05, 4.69) is 58.1 Å². The predicted molar refractivity (Wildman–Crippen MR) is 79.8 cm³/mol. The minimum Gasteiger partial charge on any atom is -0.313 e. The second-order valence-corrected chi connectivity index (χ2v) is 6.61. The van der Waals surface area contributed by atoms with Gasteiger partial charge in [0.05, 0.1) is 0 Å². The first-order valence-corrected chi connectivity index (χ1v) is 7.44. The Morgan fingerprint density at radius 1 is 1.06 bits per heavy atom. The standard InChI is InChI=1S/C15H25NS/c1-11(2)16-9-14(5)17-10-15-7-12(3)6-13(4)8-15/h6-8,11,14,16H,9-10H2,1-5H3. The second-order valence-electron chi connectivity index (χ2n) is 5.18. The minimum absolute atomic E-state index is 0.583. The summed E-state index contributed by atoms with van der Waals surface area (Å²) >= 11 is 2.03.